The Morgan fingerprint density at radius 3 is 2.67 bits per heavy atom. The van der Waals surface area contributed by atoms with Crippen molar-refractivity contribution < 1.29 is 25.2 Å². The minimum Gasteiger partial charge on any atom is -0.674 e. The van der Waals surface area contributed by atoms with E-state index in [0.29, 0.717) is 0 Å². The first kappa shape index (κ1) is 6.13. The third kappa shape index (κ3) is 1.54. The van der Waals surface area contributed by atoms with E-state index in [4.69, 9.17) is 0 Å². The molecule has 0 spiro atoms. The molecule has 6 heavy (non-hydrogen) atoms. The summed E-state index contributed by atoms with van der Waals surface area (Å²) in [6.07, 6.45) is 2.35. The first-order valence-corrected chi connectivity index (χ1v) is 1.53. The van der Waals surface area contributed by atoms with Gasteiger partial charge in [0.25, 0.3) is 0 Å². The number of hydrogen-bond acceptors (Lipinski definition) is 2. The molecular weight excluding hydrogens is 252 g/mol. The molecule has 1 radical (unpaired) electrons. The summed E-state index contributed by atoms with van der Waals surface area (Å²) in [7, 11) is 0. The molecule has 2 nitrogen and oxygen atoms in total. The molecule has 0 fully saturated rings. The Labute approximate surface area is 50.3 Å². The molecule has 0 N–H and O–H groups in total. The van der Waals surface area contributed by atoms with Crippen LogP contribution in [0.5, 0.6) is 0 Å². The van der Waals surface area contributed by atoms with Crippen molar-refractivity contribution >= 4 is 6.40 Å². The van der Waals surface area contributed by atoms with Crippen LogP contribution >= 0.6 is 0 Å². The number of hydrogen-bond donors (Lipinski definition) is 0. The van der Waals surface area contributed by atoms with Crippen molar-refractivity contribution in [2.24, 2.45) is 4.99 Å². The zero-order valence-corrected chi connectivity index (χ0v) is 5.86. The molecule has 1 heterocycles. The molecule has 1 aliphatic rings. The number of nitrogens with zero attached hydrogens (tertiary/aromatic N) is 1. The summed E-state index contributed by atoms with van der Waals surface area (Å²) in [5, 5.41) is 0. The van der Waals surface area contributed by atoms with Crippen LogP contribution in [-0.4, -0.2) is 19.6 Å². The van der Waals surface area contributed by atoms with Gasteiger partial charge in [-0.1, -0.05) is 0 Å². The quantitative estimate of drug-likeness (QED) is 0.556. The zero-order valence-electron chi connectivity index (χ0n) is 3.15. The monoisotopic (exact) mass is 257 g/mol. The van der Waals surface area contributed by atoms with Crippen molar-refractivity contribution in [3.8, 4) is 0 Å². The van der Waals surface area contributed by atoms with Gasteiger partial charge in [0.2, 0.25) is 0 Å². The Morgan fingerprint density at radius 1 is 1.67 bits per heavy atom. The molecular formula is C3H4NORe-. The molecule has 1 rings (SSSR count). The van der Waals surface area contributed by atoms with Crippen molar-refractivity contribution in [2.75, 3.05) is 13.2 Å². The van der Waals surface area contributed by atoms with Crippen LogP contribution in [0.2, 0.25) is 0 Å². The Balaban J connectivity index is 0.000000250. The topological polar surface area (TPSA) is 21.6 Å². The molecule has 0 atom stereocenters. The van der Waals surface area contributed by atoms with Crippen molar-refractivity contribution in [2.45, 2.75) is 0 Å². The summed E-state index contributed by atoms with van der Waals surface area (Å²) < 4.78 is 4.53. The van der Waals surface area contributed by atoms with Gasteiger partial charge in [-0.2, -0.15) is 0 Å². The summed E-state index contributed by atoms with van der Waals surface area (Å²) in [4.78, 5) is 3.61. The van der Waals surface area contributed by atoms with E-state index in [1.54, 1.807) is 0 Å². The molecule has 0 aromatic heterocycles. The normalized spacial score (nSPS) is 16.0. The molecule has 0 aromatic rings. The number of aliphatic imine (C=N–C) groups is 1. The third-order valence-corrected chi connectivity index (χ3v) is 0.434. The molecule has 35 valence electrons. The van der Waals surface area contributed by atoms with Gasteiger partial charge in [0, 0.05) is 27.0 Å². The summed E-state index contributed by atoms with van der Waals surface area (Å²) in [6.45, 7) is 1.51. The van der Waals surface area contributed by atoms with Crippen LogP contribution < -0.4 is 0 Å². The zero-order chi connectivity index (χ0) is 3.54. The van der Waals surface area contributed by atoms with Crippen LogP contribution in [0, 0.1) is 0 Å². The van der Waals surface area contributed by atoms with Crippen molar-refractivity contribution in [1.82, 2.24) is 0 Å². The Bertz CT molecular complexity index is 48.8. The van der Waals surface area contributed by atoms with Gasteiger partial charge < -0.3 is 9.73 Å². The van der Waals surface area contributed by atoms with E-state index in [1.807, 2.05) is 0 Å². The van der Waals surface area contributed by atoms with Gasteiger partial charge in [-0.15, -0.1) is 0 Å². The standard InChI is InChI=1S/C3H4NO.Re/c1-2-5-3-4-1;/h1-2H2;/q-1;. The fourth-order valence-corrected chi connectivity index (χ4v) is 0.228. The second-order valence-corrected chi connectivity index (χ2v) is 0.821. The van der Waals surface area contributed by atoms with Gasteiger partial charge in [-0.05, 0) is 0 Å². The van der Waals surface area contributed by atoms with E-state index >= 15 is 0 Å². The Hall–Kier alpha value is 0.132. The van der Waals surface area contributed by atoms with Crippen LogP contribution in [0.15, 0.2) is 4.99 Å². The average Bonchev–Trinajstić information content (AvgIpc) is 1.76. The fourth-order valence-electron chi connectivity index (χ4n) is 0.228. The van der Waals surface area contributed by atoms with Crippen LogP contribution in [0.25, 0.3) is 0 Å². The minimum absolute atomic E-state index is 0. The van der Waals surface area contributed by atoms with E-state index in [-0.39, 0.29) is 20.4 Å². The predicted molar refractivity (Wildman–Crippen MR) is 18.3 cm³/mol. The van der Waals surface area contributed by atoms with E-state index in [9.17, 15) is 0 Å². The van der Waals surface area contributed by atoms with Crippen molar-refractivity contribution in [3.63, 3.8) is 0 Å². The van der Waals surface area contributed by atoms with Crippen molar-refractivity contribution in [3.05, 3.63) is 0 Å². The minimum atomic E-state index is 0. The first-order valence-electron chi connectivity index (χ1n) is 1.53. The second-order valence-electron chi connectivity index (χ2n) is 0.821. The van der Waals surface area contributed by atoms with Crippen molar-refractivity contribution in [1.29, 1.82) is 0 Å². The van der Waals surface area contributed by atoms with Crippen LogP contribution in [0.1, 0.15) is 0 Å². The summed E-state index contributed by atoms with van der Waals surface area (Å²) >= 11 is 0. The number of ether oxygens (including phenoxy) is 1. The maximum Gasteiger partial charge on any atom is 0.0637 e. The van der Waals surface area contributed by atoms with E-state index in [2.05, 4.69) is 16.1 Å². The largest absolute Gasteiger partial charge is 0.674 e. The van der Waals surface area contributed by atoms with Gasteiger partial charge in [0.1, 0.15) is 0 Å². The Morgan fingerprint density at radius 2 is 2.50 bits per heavy atom. The van der Waals surface area contributed by atoms with Gasteiger partial charge in [0.15, 0.2) is 0 Å². The maximum absolute atomic E-state index is 4.53. The second kappa shape index (κ2) is 3.33. The predicted octanol–water partition coefficient (Wildman–Crippen LogP) is -0.0806. The molecule has 0 aliphatic carbocycles. The van der Waals surface area contributed by atoms with Crippen LogP contribution in [-0.2, 0) is 25.2 Å². The SMILES string of the molecule is [C-]1=NCCO1.[Re]. The van der Waals surface area contributed by atoms with E-state index < -0.39 is 0 Å². The molecule has 3 heteroatoms. The molecule has 0 aromatic carbocycles. The fraction of sp³-hybridized carbons (Fsp3) is 0.667. The van der Waals surface area contributed by atoms with Crippen LogP contribution in [0.3, 0.4) is 0 Å². The number of rotatable bonds is 0. The first-order chi connectivity index (χ1) is 2.50. The van der Waals surface area contributed by atoms with Gasteiger partial charge >= 0.3 is 0 Å². The van der Waals surface area contributed by atoms with Gasteiger partial charge in [0.05, 0.1) is 6.61 Å². The molecule has 0 saturated carbocycles. The molecule has 0 amide bonds. The third-order valence-electron chi connectivity index (χ3n) is 0.434. The summed E-state index contributed by atoms with van der Waals surface area (Å²) in [5.41, 5.74) is 0. The Kier molecular flexibility index (Phi) is 3.40. The molecule has 0 unspecified atom stereocenters. The van der Waals surface area contributed by atoms with E-state index in [1.165, 1.54) is 0 Å². The molecule has 0 bridgehead atoms. The maximum atomic E-state index is 4.53. The van der Waals surface area contributed by atoms with E-state index in [0.717, 1.165) is 13.2 Å². The molecule has 0 saturated heterocycles. The van der Waals surface area contributed by atoms with Gasteiger partial charge in [-0.3, -0.25) is 0 Å². The molecule has 1 aliphatic heterocycles. The summed E-state index contributed by atoms with van der Waals surface area (Å²) in [5.74, 6) is 0. The average molecular weight is 256 g/mol. The van der Waals surface area contributed by atoms with Gasteiger partial charge in [-0.25, -0.2) is 6.40 Å². The summed E-state index contributed by atoms with van der Waals surface area (Å²) in [6, 6.07) is 0. The smallest absolute Gasteiger partial charge is 0.0637 e. The van der Waals surface area contributed by atoms with Crippen LogP contribution in [0.4, 0.5) is 0 Å².